The van der Waals surface area contributed by atoms with Crippen molar-refractivity contribution in [1.29, 1.82) is 0 Å². The van der Waals surface area contributed by atoms with Crippen molar-refractivity contribution in [1.82, 2.24) is 10.2 Å². The largest absolute Gasteiger partial charge is 0.351 e. The van der Waals surface area contributed by atoms with Gasteiger partial charge in [-0.25, -0.2) is 0 Å². The van der Waals surface area contributed by atoms with Crippen LogP contribution in [0.25, 0.3) is 0 Å². The molecule has 3 rings (SSSR count). The monoisotopic (exact) mass is 338 g/mol. The van der Waals surface area contributed by atoms with E-state index in [1.54, 1.807) is 0 Å². The summed E-state index contributed by atoms with van der Waals surface area (Å²) in [4.78, 5) is 14.5. The highest BCUT2D eigenvalue weighted by molar-refractivity contribution is 5.91. The van der Waals surface area contributed by atoms with E-state index >= 15 is 0 Å². The van der Waals surface area contributed by atoms with Gasteiger partial charge in [-0.1, -0.05) is 49.6 Å². The van der Waals surface area contributed by atoms with E-state index < -0.39 is 0 Å². The number of carbonyl (C=O) groups excluding carboxylic acids is 1. The molecule has 132 valence electrons. The van der Waals surface area contributed by atoms with E-state index in [0.29, 0.717) is 5.82 Å². The molecule has 1 amide bonds. The van der Waals surface area contributed by atoms with Crippen LogP contribution >= 0.6 is 0 Å². The van der Waals surface area contributed by atoms with Crippen LogP contribution < -0.4 is 10.2 Å². The summed E-state index contributed by atoms with van der Waals surface area (Å²) in [5, 5.41) is 11.4. The number of hydrogen-bond acceptors (Lipinski definition) is 4. The van der Waals surface area contributed by atoms with E-state index in [0.717, 1.165) is 44.6 Å². The molecule has 1 aliphatic carbocycles. The van der Waals surface area contributed by atoms with Crippen LogP contribution in [0.4, 0.5) is 11.6 Å². The molecule has 1 N–H and O–H groups in total. The van der Waals surface area contributed by atoms with Crippen molar-refractivity contribution >= 4 is 17.5 Å². The van der Waals surface area contributed by atoms with Gasteiger partial charge in [0, 0.05) is 19.0 Å². The maximum atomic E-state index is 12.3. The van der Waals surface area contributed by atoms with Crippen LogP contribution in [-0.2, 0) is 11.3 Å². The number of aromatic nitrogens is 2. The molecular formula is C20H26N4O. The van der Waals surface area contributed by atoms with Crippen molar-refractivity contribution in [3.05, 3.63) is 48.0 Å². The Balaban J connectivity index is 1.61. The van der Waals surface area contributed by atoms with E-state index in [1.165, 1.54) is 12.0 Å². The third-order valence-electron chi connectivity index (χ3n) is 4.80. The average molecular weight is 338 g/mol. The Morgan fingerprint density at radius 3 is 2.48 bits per heavy atom. The van der Waals surface area contributed by atoms with Crippen molar-refractivity contribution in [3.63, 3.8) is 0 Å². The molecule has 1 fully saturated rings. The van der Waals surface area contributed by atoms with Crippen LogP contribution in [0, 0.1) is 5.92 Å². The number of rotatable bonds is 6. The van der Waals surface area contributed by atoms with Crippen molar-refractivity contribution in [2.75, 3.05) is 16.8 Å². The number of amides is 1. The Labute approximate surface area is 149 Å². The maximum absolute atomic E-state index is 12.3. The third-order valence-corrected chi connectivity index (χ3v) is 4.80. The normalized spacial score (nSPS) is 14.9. The molecule has 1 saturated carbocycles. The zero-order chi connectivity index (χ0) is 17.5. The summed E-state index contributed by atoms with van der Waals surface area (Å²) in [6, 6.07) is 14.1. The highest BCUT2D eigenvalue weighted by atomic mass is 16.1. The first-order chi connectivity index (χ1) is 12.3. The molecule has 2 aromatic rings. The van der Waals surface area contributed by atoms with Crippen LogP contribution in [0.5, 0.6) is 0 Å². The molecule has 25 heavy (non-hydrogen) atoms. The van der Waals surface area contributed by atoms with E-state index in [4.69, 9.17) is 0 Å². The maximum Gasteiger partial charge on any atom is 0.228 e. The fourth-order valence-corrected chi connectivity index (χ4v) is 3.31. The minimum absolute atomic E-state index is 0.0818. The Kier molecular flexibility index (Phi) is 5.99. The minimum Gasteiger partial charge on any atom is -0.351 e. The van der Waals surface area contributed by atoms with Crippen molar-refractivity contribution in [2.45, 2.75) is 45.6 Å². The lowest BCUT2D eigenvalue weighted by atomic mass is 9.89. The fourth-order valence-electron chi connectivity index (χ4n) is 3.31. The SMILES string of the molecule is CCN(Cc1ccccc1)c1ccc(NC(=O)C2CCCCC2)nn1. The summed E-state index contributed by atoms with van der Waals surface area (Å²) in [6.45, 7) is 3.74. The molecule has 1 aromatic heterocycles. The van der Waals surface area contributed by atoms with Gasteiger partial charge < -0.3 is 10.2 Å². The highest BCUT2D eigenvalue weighted by Crippen LogP contribution is 2.24. The average Bonchev–Trinajstić information content (AvgIpc) is 2.68. The molecule has 0 atom stereocenters. The number of hydrogen-bond donors (Lipinski definition) is 1. The third kappa shape index (κ3) is 4.78. The van der Waals surface area contributed by atoms with Gasteiger partial charge in [-0.05, 0) is 37.5 Å². The Morgan fingerprint density at radius 2 is 1.84 bits per heavy atom. The van der Waals surface area contributed by atoms with E-state index in [-0.39, 0.29) is 11.8 Å². The van der Waals surface area contributed by atoms with Crippen molar-refractivity contribution in [3.8, 4) is 0 Å². The summed E-state index contributed by atoms with van der Waals surface area (Å²) < 4.78 is 0. The predicted octanol–water partition coefficient (Wildman–Crippen LogP) is 4.02. The van der Waals surface area contributed by atoms with Gasteiger partial charge in [0.2, 0.25) is 5.91 Å². The summed E-state index contributed by atoms with van der Waals surface area (Å²) in [5.41, 5.74) is 1.24. The number of nitrogens with zero attached hydrogens (tertiary/aromatic N) is 3. The van der Waals surface area contributed by atoms with Crippen LogP contribution in [0.3, 0.4) is 0 Å². The number of anilines is 2. The molecule has 0 bridgehead atoms. The van der Waals surface area contributed by atoms with Crippen molar-refractivity contribution in [2.24, 2.45) is 5.92 Å². The fraction of sp³-hybridized carbons (Fsp3) is 0.450. The summed E-state index contributed by atoms with van der Waals surface area (Å²) in [6.07, 6.45) is 5.50. The van der Waals surface area contributed by atoms with E-state index in [9.17, 15) is 4.79 Å². The molecule has 0 saturated heterocycles. The van der Waals surface area contributed by atoms with Crippen LogP contribution in [0.2, 0.25) is 0 Å². The molecule has 0 unspecified atom stereocenters. The van der Waals surface area contributed by atoms with Gasteiger partial charge in [0.15, 0.2) is 11.6 Å². The zero-order valence-electron chi connectivity index (χ0n) is 14.8. The van der Waals surface area contributed by atoms with E-state index in [1.807, 2.05) is 30.3 Å². The van der Waals surface area contributed by atoms with Crippen LogP contribution in [0.15, 0.2) is 42.5 Å². The first-order valence-corrected chi connectivity index (χ1v) is 9.19. The Hall–Kier alpha value is -2.43. The molecule has 0 aliphatic heterocycles. The number of carbonyl (C=O) groups is 1. The first-order valence-electron chi connectivity index (χ1n) is 9.19. The van der Waals surface area contributed by atoms with Gasteiger partial charge in [-0.2, -0.15) is 0 Å². The second kappa shape index (κ2) is 8.60. The number of nitrogens with one attached hydrogen (secondary N) is 1. The number of benzene rings is 1. The lowest BCUT2D eigenvalue weighted by Crippen LogP contribution is -2.26. The van der Waals surface area contributed by atoms with Crippen LogP contribution in [-0.4, -0.2) is 22.6 Å². The Morgan fingerprint density at radius 1 is 1.08 bits per heavy atom. The molecule has 0 spiro atoms. The summed E-state index contributed by atoms with van der Waals surface area (Å²) in [5.74, 6) is 1.57. The quantitative estimate of drug-likeness (QED) is 0.864. The lowest BCUT2D eigenvalue weighted by molar-refractivity contribution is -0.120. The molecule has 1 aliphatic rings. The standard InChI is InChI=1S/C20H26N4O/c1-2-24(15-16-9-5-3-6-10-16)19-14-13-18(22-23-19)21-20(25)17-11-7-4-8-12-17/h3,5-6,9-10,13-14,17H,2,4,7-8,11-12,15H2,1H3,(H,21,22,25). The molecule has 5 nitrogen and oxygen atoms in total. The lowest BCUT2D eigenvalue weighted by Gasteiger charge is -2.22. The van der Waals surface area contributed by atoms with Gasteiger partial charge in [0.05, 0.1) is 0 Å². The van der Waals surface area contributed by atoms with Gasteiger partial charge in [-0.3, -0.25) is 4.79 Å². The molecule has 5 heteroatoms. The minimum atomic E-state index is 0.0818. The summed E-state index contributed by atoms with van der Waals surface area (Å²) >= 11 is 0. The molecule has 1 aromatic carbocycles. The topological polar surface area (TPSA) is 58.1 Å². The van der Waals surface area contributed by atoms with Gasteiger partial charge in [-0.15, -0.1) is 10.2 Å². The Bertz CT molecular complexity index is 666. The molecule has 0 radical (unpaired) electrons. The smallest absolute Gasteiger partial charge is 0.228 e. The van der Waals surface area contributed by atoms with Gasteiger partial charge >= 0.3 is 0 Å². The first kappa shape index (κ1) is 17.4. The molecule has 1 heterocycles. The molecular weight excluding hydrogens is 312 g/mol. The second-order valence-corrected chi connectivity index (χ2v) is 6.60. The van der Waals surface area contributed by atoms with E-state index in [2.05, 4.69) is 39.5 Å². The highest BCUT2D eigenvalue weighted by Gasteiger charge is 2.21. The van der Waals surface area contributed by atoms with Gasteiger partial charge in [0.1, 0.15) is 0 Å². The second-order valence-electron chi connectivity index (χ2n) is 6.60. The zero-order valence-corrected chi connectivity index (χ0v) is 14.8. The van der Waals surface area contributed by atoms with Gasteiger partial charge in [0.25, 0.3) is 0 Å². The predicted molar refractivity (Wildman–Crippen MR) is 100 cm³/mol. The summed E-state index contributed by atoms with van der Waals surface area (Å²) in [7, 11) is 0. The van der Waals surface area contributed by atoms with Crippen molar-refractivity contribution < 1.29 is 4.79 Å². The van der Waals surface area contributed by atoms with Crippen LogP contribution in [0.1, 0.15) is 44.6 Å².